The fraction of sp³-hybridized carbons (Fsp3) is 1.00. The van der Waals surface area contributed by atoms with Gasteiger partial charge in [-0.15, -0.1) is 0 Å². The molecule has 74 valence electrons. The molecule has 0 heterocycles. The lowest BCUT2D eigenvalue weighted by Gasteiger charge is -2.13. The highest BCUT2D eigenvalue weighted by Crippen LogP contribution is 2.07. The second kappa shape index (κ2) is 5.78. The van der Waals surface area contributed by atoms with Crippen molar-refractivity contribution in [2.45, 2.75) is 45.6 Å². The highest BCUT2D eigenvalue weighted by molar-refractivity contribution is 8.12. The van der Waals surface area contributed by atoms with E-state index in [1.54, 1.807) is 0 Å². The second-order valence-corrected chi connectivity index (χ2v) is 5.16. The van der Waals surface area contributed by atoms with Crippen molar-refractivity contribution in [1.29, 1.82) is 0 Å². The Morgan fingerprint density at radius 1 is 1.25 bits per heavy atom. The lowest BCUT2D eigenvalue weighted by atomic mass is 10.1. The monoisotopic (exact) mass is 213 g/mol. The summed E-state index contributed by atoms with van der Waals surface area (Å²) in [6.45, 7) is 4.04. The smallest absolute Gasteiger partial charge is 0.199 e. The molecule has 3 nitrogen and oxygen atoms in total. The van der Waals surface area contributed by atoms with Gasteiger partial charge in [0, 0.05) is 16.7 Å². The van der Waals surface area contributed by atoms with Gasteiger partial charge in [0.25, 0.3) is 9.24 Å². The lowest BCUT2D eigenvalue weighted by molar-refractivity contribution is 0.500. The number of hydrogen-bond donors (Lipinski definition) is 1. The van der Waals surface area contributed by atoms with Crippen molar-refractivity contribution >= 4 is 19.9 Å². The first-order valence-corrected chi connectivity index (χ1v) is 6.52. The molecule has 12 heavy (non-hydrogen) atoms. The fourth-order valence-electron chi connectivity index (χ4n) is 1.16. The Balaban J connectivity index is 3.95. The first-order chi connectivity index (χ1) is 5.49. The molecule has 0 radical (unpaired) electrons. The van der Waals surface area contributed by atoms with Gasteiger partial charge in [0.05, 0.1) is 0 Å². The Kier molecular flexibility index (Phi) is 5.88. The number of rotatable bonds is 6. The van der Waals surface area contributed by atoms with Crippen LogP contribution in [0.4, 0.5) is 0 Å². The summed E-state index contributed by atoms with van der Waals surface area (Å²) in [5.74, 6) is 0. The van der Waals surface area contributed by atoms with Gasteiger partial charge in [-0.25, -0.2) is 0 Å². The van der Waals surface area contributed by atoms with Crippen molar-refractivity contribution in [3.63, 3.8) is 0 Å². The van der Waals surface area contributed by atoms with E-state index in [2.05, 4.69) is 4.72 Å². The number of nitrogens with one attached hydrogen (secondary N) is 1. The van der Waals surface area contributed by atoms with Gasteiger partial charge in [-0.05, 0) is 12.8 Å². The van der Waals surface area contributed by atoms with Gasteiger partial charge in [-0.3, -0.25) is 0 Å². The van der Waals surface area contributed by atoms with Crippen LogP contribution in [-0.2, 0) is 9.24 Å². The normalized spacial score (nSPS) is 12.3. The molecule has 1 N–H and O–H groups in total. The molecule has 0 bridgehead atoms. The van der Waals surface area contributed by atoms with Crippen LogP contribution in [0.5, 0.6) is 0 Å². The molecule has 0 aliphatic carbocycles. The minimum absolute atomic E-state index is 0.00231. The van der Waals surface area contributed by atoms with Crippen LogP contribution < -0.4 is 4.72 Å². The van der Waals surface area contributed by atoms with Gasteiger partial charge in [0.2, 0.25) is 0 Å². The molecule has 0 aromatic rings. The van der Waals surface area contributed by atoms with Crippen molar-refractivity contribution < 1.29 is 8.42 Å². The zero-order valence-corrected chi connectivity index (χ0v) is 9.08. The second-order valence-electron chi connectivity index (χ2n) is 2.83. The van der Waals surface area contributed by atoms with Gasteiger partial charge < -0.3 is 0 Å². The molecular formula is C7H16ClNO2S. The van der Waals surface area contributed by atoms with Crippen LogP contribution >= 0.6 is 10.7 Å². The molecule has 0 amide bonds. The van der Waals surface area contributed by atoms with E-state index in [9.17, 15) is 8.42 Å². The molecule has 0 aliphatic rings. The summed E-state index contributed by atoms with van der Waals surface area (Å²) >= 11 is 0. The number of halogens is 1. The predicted octanol–water partition coefficient (Wildman–Crippen LogP) is 2.03. The third kappa shape index (κ3) is 6.88. The third-order valence-corrected chi connectivity index (χ3v) is 2.46. The largest absolute Gasteiger partial charge is 0.297 e. The van der Waals surface area contributed by atoms with Gasteiger partial charge >= 0.3 is 0 Å². The van der Waals surface area contributed by atoms with Gasteiger partial charge in [-0.1, -0.05) is 26.7 Å². The van der Waals surface area contributed by atoms with Crippen LogP contribution in [0.15, 0.2) is 0 Å². The van der Waals surface area contributed by atoms with Crippen molar-refractivity contribution in [3.8, 4) is 0 Å². The standard InChI is InChI=1S/C7H16ClNO2S/c1-3-5-7(6-4-2)9-12(8,10)11/h7,9H,3-6H2,1-2H3. The van der Waals surface area contributed by atoms with Crippen LogP contribution in [-0.4, -0.2) is 14.5 Å². The van der Waals surface area contributed by atoms with Crippen molar-refractivity contribution in [3.05, 3.63) is 0 Å². The Labute approximate surface area is 79.0 Å². The maximum absolute atomic E-state index is 10.6. The van der Waals surface area contributed by atoms with E-state index in [4.69, 9.17) is 10.7 Å². The molecule has 0 atom stereocenters. The quantitative estimate of drug-likeness (QED) is 0.687. The molecule has 0 aliphatic heterocycles. The molecule has 0 aromatic carbocycles. The fourth-order valence-corrected chi connectivity index (χ4v) is 2.17. The highest BCUT2D eigenvalue weighted by Gasteiger charge is 2.12. The van der Waals surface area contributed by atoms with Gasteiger partial charge in [-0.2, -0.15) is 13.1 Å². The average Bonchev–Trinajstić information content (AvgIpc) is 1.84. The molecule has 0 unspecified atom stereocenters. The third-order valence-electron chi connectivity index (χ3n) is 1.58. The summed E-state index contributed by atoms with van der Waals surface area (Å²) in [4.78, 5) is 0. The molecule has 0 aromatic heterocycles. The predicted molar refractivity (Wildman–Crippen MR) is 51.5 cm³/mol. The van der Waals surface area contributed by atoms with E-state index >= 15 is 0 Å². The van der Waals surface area contributed by atoms with Crippen molar-refractivity contribution in [2.75, 3.05) is 0 Å². The van der Waals surface area contributed by atoms with E-state index < -0.39 is 9.24 Å². The molecular weight excluding hydrogens is 198 g/mol. The molecule has 0 saturated carbocycles. The van der Waals surface area contributed by atoms with E-state index in [-0.39, 0.29) is 6.04 Å². The van der Waals surface area contributed by atoms with E-state index in [1.165, 1.54) is 0 Å². The lowest BCUT2D eigenvalue weighted by Crippen LogP contribution is -2.31. The Hall–Kier alpha value is 0.200. The summed E-state index contributed by atoms with van der Waals surface area (Å²) in [5.41, 5.74) is 0. The van der Waals surface area contributed by atoms with Crippen LogP contribution in [0.25, 0.3) is 0 Å². The SMILES string of the molecule is CCCC(CCC)NS(=O)(=O)Cl. The Morgan fingerprint density at radius 2 is 1.67 bits per heavy atom. The Bertz CT molecular complexity index is 197. The first-order valence-electron chi connectivity index (χ1n) is 4.21. The minimum Gasteiger partial charge on any atom is -0.199 e. The summed E-state index contributed by atoms with van der Waals surface area (Å²) in [5, 5.41) is 0. The maximum Gasteiger partial charge on any atom is 0.297 e. The van der Waals surface area contributed by atoms with Crippen LogP contribution in [0.3, 0.4) is 0 Å². The van der Waals surface area contributed by atoms with E-state index in [0.717, 1.165) is 25.7 Å². The van der Waals surface area contributed by atoms with E-state index in [0.29, 0.717) is 0 Å². The first kappa shape index (κ1) is 12.2. The number of hydrogen-bond acceptors (Lipinski definition) is 2. The minimum atomic E-state index is -3.55. The maximum atomic E-state index is 10.6. The van der Waals surface area contributed by atoms with Crippen LogP contribution in [0, 0.1) is 0 Å². The summed E-state index contributed by atoms with van der Waals surface area (Å²) < 4.78 is 23.7. The molecule has 0 spiro atoms. The van der Waals surface area contributed by atoms with Gasteiger partial charge in [0.15, 0.2) is 0 Å². The molecule has 0 rings (SSSR count). The van der Waals surface area contributed by atoms with Crippen LogP contribution in [0.2, 0.25) is 0 Å². The highest BCUT2D eigenvalue weighted by atomic mass is 35.7. The van der Waals surface area contributed by atoms with E-state index in [1.807, 2.05) is 13.8 Å². The van der Waals surface area contributed by atoms with Gasteiger partial charge in [0.1, 0.15) is 0 Å². The molecule has 5 heteroatoms. The summed E-state index contributed by atoms with van der Waals surface area (Å²) in [6, 6.07) is 0.00231. The average molecular weight is 214 g/mol. The summed E-state index contributed by atoms with van der Waals surface area (Å²) in [7, 11) is 1.51. The topological polar surface area (TPSA) is 46.2 Å². The molecule has 0 fully saturated rings. The summed E-state index contributed by atoms with van der Waals surface area (Å²) in [6.07, 6.45) is 3.62. The zero-order valence-electron chi connectivity index (χ0n) is 7.51. The van der Waals surface area contributed by atoms with Crippen molar-refractivity contribution in [2.24, 2.45) is 0 Å². The Morgan fingerprint density at radius 3 is 1.92 bits per heavy atom. The van der Waals surface area contributed by atoms with Crippen LogP contribution in [0.1, 0.15) is 39.5 Å². The zero-order chi connectivity index (χ0) is 9.61. The van der Waals surface area contributed by atoms with Crippen molar-refractivity contribution in [1.82, 2.24) is 4.72 Å². The molecule has 0 saturated heterocycles.